The van der Waals surface area contributed by atoms with Gasteiger partial charge in [-0.15, -0.1) is 11.8 Å². The summed E-state index contributed by atoms with van der Waals surface area (Å²) < 4.78 is 62.3. The fourth-order valence-corrected chi connectivity index (χ4v) is 4.58. The van der Waals surface area contributed by atoms with Gasteiger partial charge in [-0.05, 0) is 48.3 Å². The standard InChI is InChI=1S/C16H13F3N2O5S3/c1-27-11-5-6-14(13(8-11)21(23)24)29(25,26)9-15(22)20-10-3-2-4-12(7-10)28-16(17,18)19/h2-8H,9H2,1H3,(H,20,22). The molecule has 0 radical (unpaired) electrons. The zero-order valence-corrected chi connectivity index (χ0v) is 17.0. The number of carbonyl (C=O) groups is 1. The molecular formula is C16H13F3N2O5S3. The molecule has 2 rings (SSSR count). The maximum atomic E-state index is 12.5. The zero-order chi connectivity index (χ0) is 21.8. The number of nitrogens with zero attached hydrogens (tertiary/aromatic N) is 1. The number of amides is 1. The van der Waals surface area contributed by atoms with Gasteiger partial charge in [0.15, 0.2) is 9.84 Å². The van der Waals surface area contributed by atoms with Gasteiger partial charge in [-0.1, -0.05) is 6.07 Å². The summed E-state index contributed by atoms with van der Waals surface area (Å²) in [7, 11) is -4.37. The Morgan fingerprint density at radius 2 is 1.86 bits per heavy atom. The molecule has 0 atom stereocenters. The number of alkyl halides is 3. The molecule has 0 unspecified atom stereocenters. The van der Waals surface area contributed by atoms with E-state index in [1.807, 2.05) is 0 Å². The Morgan fingerprint density at radius 1 is 1.17 bits per heavy atom. The molecule has 0 saturated carbocycles. The molecule has 2 aromatic rings. The van der Waals surface area contributed by atoms with E-state index in [1.54, 1.807) is 6.26 Å². The number of hydrogen-bond acceptors (Lipinski definition) is 7. The lowest BCUT2D eigenvalue weighted by Gasteiger charge is -2.10. The van der Waals surface area contributed by atoms with Gasteiger partial charge in [0.1, 0.15) is 10.6 Å². The highest BCUT2D eigenvalue weighted by Gasteiger charge is 2.30. The van der Waals surface area contributed by atoms with Crippen molar-refractivity contribution in [3.63, 3.8) is 0 Å². The Bertz CT molecular complexity index is 1040. The van der Waals surface area contributed by atoms with Gasteiger partial charge in [-0.2, -0.15) is 13.2 Å². The lowest BCUT2D eigenvalue weighted by Crippen LogP contribution is -2.23. The molecule has 0 fully saturated rings. The number of nitrogens with one attached hydrogen (secondary N) is 1. The molecule has 0 heterocycles. The molecule has 0 aliphatic carbocycles. The topological polar surface area (TPSA) is 106 Å². The average molecular weight is 466 g/mol. The van der Waals surface area contributed by atoms with Crippen molar-refractivity contribution in [3.05, 3.63) is 52.6 Å². The molecule has 0 aliphatic heterocycles. The average Bonchev–Trinajstić information content (AvgIpc) is 2.59. The summed E-state index contributed by atoms with van der Waals surface area (Å²) in [4.78, 5) is 22.1. The monoisotopic (exact) mass is 466 g/mol. The first-order valence-corrected chi connectivity index (χ1v) is 11.3. The number of benzene rings is 2. The summed E-state index contributed by atoms with van der Waals surface area (Å²) in [5.41, 5.74) is -5.21. The predicted octanol–water partition coefficient (Wildman–Crippen LogP) is 4.34. The van der Waals surface area contributed by atoms with Gasteiger partial charge in [0.25, 0.3) is 5.69 Å². The van der Waals surface area contributed by atoms with Crippen molar-refractivity contribution in [2.24, 2.45) is 0 Å². The Morgan fingerprint density at radius 3 is 2.45 bits per heavy atom. The summed E-state index contributed by atoms with van der Waals surface area (Å²) in [5, 5.41) is 13.4. The number of nitro benzene ring substituents is 1. The van der Waals surface area contributed by atoms with Crippen LogP contribution in [0.1, 0.15) is 0 Å². The highest BCUT2D eigenvalue weighted by Crippen LogP contribution is 2.37. The van der Waals surface area contributed by atoms with Crippen LogP contribution in [-0.4, -0.2) is 36.8 Å². The minimum absolute atomic E-state index is 0.0355. The molecule has 1 amide bonds. The lowest BCUT2D eigenvalue weighted by molar-refractivity contribution is -0.388. The number of rotatable bonds is 7. The van der Waals surface area contributed by atoms with Gasteiger partial charge in [-0.3, -0.25) is 14.9 Å². The first-order chi connectivity index (χ1) is 13.4. The molecule has 0 aliphatic rings. The molecular weight excluding hydrogens is 453 g/mol. The second-order valence-electron chi connectivity index (χ2n) is 5.47. The summed E-state index contributed by atoms with van der Waals surface area (Å²) in [6, 6.07) is 8.30. The van der Waals surface area contributed by atoms with Crippen molar-refractivity contribution < 1.29 is 31.3 Å². The Balaban J connectivity index is 2.21. The number of halogens is 3. The Hall–Kier alpha value is -2.25. The van der Waals surface area contributed by atoms with Gasteiger partial charge in [-0.25, -0.2) is 8.42 Å². The van der Waals surface area contributed by atoms with E-state index in [1.165, 1.54) is 36.0 Å². The first-order valence-electron chi connectivity index (χ1n) is 7.62. The highest BCUT2D eigenvalue weighted by molar-refractivity contribution is 8.00. The number of sulfone groups is 1. The van der Waals surface area contributed by atoms with E-state index in [0.29, 0.717) is 4.90 Å². The van der Waals surface area contributed by atoms with Crippen LogP contribution >= 0.6 is 23.5 Å². The normalized spacial score (nSPS) is 11.9. The van der Waals surface area contributed by atoms with Crippen LogP contribution in [-0.2, 0) is 14.6 Å². The zero-order valence-electron chi connectivity index (χ0n) is 14.6. The minimum atomic E-state index is -4.52. The quantitative estimate of drug-likeness (QED) is 0.367. The van der Waals surface area contributed by atoms with Gasteiger partial charge in [0.2, 0.25) is 5.91 Å². The Labute approximate surface area is 172 Å². The van der Waals surface area contributed by atoms with Crippen LogP contribution in [0.15, 0.2) is 57.2 Å². The SMILES string of the molecule is CSc1ccc(S(=O)(=O)CC(=O)Nc2cccc(SC(F)(F)F)c2)c([N+](=O)[O-])c1. The summed E-state index contributed by atoms with van der Waals surface area (Å²) in [6.45, 7) is 0. The van der Waals surface area contributed by atoms with E-state index < -0.39 is 42.5 Å². The third kappa shape index (κ3) is 6.65. The van der Waals surface area contributed by atoms with Crippen LogP contribution in [0.5, 0.6) is 0 Å². The minimum Gasteiger partial charge on any atom is -0.325 e. The molecule has 2 aromatic carbocycles. The highest BCUT2D eigenvalue weighted by atomic mass is 32.2. The van der Waals surface area contributed by atoms with Crippen LogP contribution in [0.25, 0.3) is 0 Å². The van der Waals surface area contributed by atoms with E-state index in [9.17, 15) is 36.5 Å². The number of anilines is 1. The molecule has 0 saturated heterocycles. The van der Waals surface area contributed by atoms with Crippen molar-refractivity contribution >= 4 is 50.6 Å². The smallest absolute Gasteiger partial charge is 0.325 e. The number of thioether (sulfide) groups is 2. The number of carbonyl (C=O) groups excluding carboxylic acids is 1. The second kappa shape index (κ2) is 9.05. The van der Waals surface area contributed by atoms with Crippen molar-refractivity contribution in [1.29, 1.82) is 0 Å². The summed E-state index contributed by atoms with van der Waals surface area (Å²) in [6.07, 6.45) is 1.66. The van der Waals surface area contributed by atoms with E-state index in [4.69, 9.17) is 0 Å². The van der Waals surface area contributed by atoms with Crippen molar-refractivity contribution in [1.82, 2.24) is 0 Å². The van der Waals surface area contributed by atoms with Gasteiger partial charge in [0, 0.05) is 21.5 Å². The Kier molecular flexibility index (Phi) is 7.19. The van der Waals surface area contributed by atoms with Crippen LogP contribution in [0.4, 0.5) is 24.5 Å². The van der Waals surface area contributed by atoms with Crippen LogP contribution in [0.3, 0.4) is 0 Å². The molecule has 0 aromatic heterocycles. The maximum absolute atomic E-state index is 12.5. The number of hydrogen-bond donors (Lipinski definition) is 1. The summed E-state index contributed by atoms with van der Waals surface area (Å²) in [5.74, 6) is -2.15. The molecule has 13 heteroatoms. The molecule has 1 N–H and O–H groups in total. The molecule has 156 valence electrons. The van der Waals surface area contributed by atoms with E-state index in [2.05, 4.69) is 5.32 Å². The van der Waals surface area contributed by atoms with Gasteiger partial charge < -0.3 is 5.32 Å². The van der Waals surface area contributed by atoms with Crippen LogP contribution in [0.2, 0.25) is 0 Å². The van der Waals surface area contributed by atoms with Crippen molar-refractivity contribution in [2.45, 2.75) is 20.2 Å². The van der Waals surface area contributed by atoms with Crippen LogP contribution < -0.4 is 5.32 Å². The predicted molar refractivity (Wildman–Crippen MR) is 104 cm³/mol. The van der Waals surface area contributed by atoms with Gasteiger partial charge >= 0.3 is 5.51 Å². The largest absolute Gasteiger partial charge is 0.446 e. The van der Waals surface area contributed by atoms with E-state index >= 15 is 0 Å². The second-order valence-corrected chi connectivity index (χ2v) is 9.45. The van der Waals surface area contributed by atoms with Crippen molar-refractivity contribution in [2.75, 3.05) is 17.3 Å². The fourth-order valence-electron chi connectivity index (χ4n) is 2.25. The third-order valence-electron chi connectivity index (χ3n) is 3.37. The van der Waals surface area contributed by atoms with E-state index in [-0.39, 0.29) is 22.3 Å². The molecule has 29 heavy (non-hydrogen) atoms. The molecule has 0 spiro atoms. The maximum Gasteiger partial charge on any atom is 0.446 e. The lowest BCUT2D eigenvalue weighted by atomic mass is 10.3. The fraction of sp³-hybridized carbons (Fsp3) is 0.188. The van der Waals surface area contributed by atoms with Crippen LogP contribution in [0, 0.1) is 10.1 Å². The van der Waals surface area contributed by atoms with Crippen molar-refractivity contribution in [3.8, 4) is 0 Å². The van der Waals surface area contributed by atoms with E-state index in [0.717, 1.165) is 18.2 Å². The first kappa shape index (κ1) is 23.0. The summed E-state index contributed by atoms with van der Waals surface area (Å²) >= 11 is 0.794. The van der Waals surface area contributed by atoms with Gasteiger partial charge in [0.05, 0.1) is 4.92 Å². The molecule has 7 nitrogen and oxygen atoms in total. The third-order valence-corrected chi connectivity index (χ3v) is 6.47. The number of nitro groups is 1. The molecule has 0 bridgehead atoms.